The second kappa shape index (κ2) is 10.5. The van der Waals surface area contributed by atoms with Gasteiger partial charge in [0.05, 0.1) is 50.1 Å². The monoisotopic (exact) mass is 684 g/mol. The molecule has 1 aliphatic heterocycles. The first-order chi connectivity index (χ1) is 25.6. The summed E-state index contributed by atoms with van der Waals surface area (Å²) in [7, 11) is 0. The maximum atomic E-state index is 13.9. The molecule has 0 fully saturated rings. The van der Waals surface area contributed by atoms with Gasteiger partial charge < -0.3 is 9.13 Å². The molecule has 52 heavy (non-hydrogen) atoms. The van der Waals surface area contributed by atoms with Gasteiger partial charge >= 0.3 is 0 Å². The van der Waals surface area contributed by atoms with Gasteiger partial charge in [-0.15, -0.1) is 11.3 Å². The lowest BCUT2D eigenvalue weighted by atomic mass is 10.1. The first-order valence-electron chi connectivity index (χ1n) is 17.0. The van der Waals surface area contributed by atoms with E-state index in [-0.39, 0.29) is 0 Å². The summed E-state index contributed by atoms with van der Waals surface area (Å²) in [6.45, 7) is 0. The molecule has 0 N–H and O–H groups in total. The summed E-state index contributed by atoms with van der Waals surface area (Å²) in [6.07, 6.45) is 0. The fourth-order valence-electron chi connectivity index (χ4n) is 8.25. The van der Waals surface area contributed by atoms with Crippen LogP contribution >= 0.6 is 11.3 Å². The molecule has 1 aliphatic rings. The van der Waals surface area contributed by atoms with E-state index >= 15 is 0 Å². The molecule has 4 heterocycles. The third-order valence-electron chi connectivity index (χ3n) is 10.5. The van der Waals surface area contributed by atoms with Gasteiger partial charge in [-0.2, -0.15) is 5.26 Å². The van der Waals surface area contributed by atoms with Crippen molar-refractivity contribution in [2.24, 2.45) is 0 Å². The van der Waals surface area contributed by atoms with Gasteiger partial charge in [0.1, 0.15) is 6.07 Å². The van der Waals surface area contributed by atoms with E-state index in [4.69, 9.17) is 0 Å². The molecular formula is C45H24N4O2S. The molecule has 0 saturated heterocycles. The maximum absolute atomic E-state index is 13.9. The van der Waals surface area contributed by atoms with Crippen molar-refractivity contribution in [1.82, 2.24) is 9.13 Å². The van der Waals surface area contributed by atoms with Gasteiger partial charge in [0.25, 0.3) is 11.8 Å². The van der Waals surface area contributed by atoms with Gasteiger partial charge in [0.2, 0.25) is 0 Å². The summed E-state index contributed by atoms with van der Waals surface area (Å²) >= 11 is 1.81. The number of thiophene rings is 1. The zero-order valence-electron chi connectivity index (χ0n) is 27.4. The normalized spacial score (nSPS) is 13.0. The quantitative estimate of drug-likeness (QED) is 0.174. The zero-order chi connectivity index (χ0) is 34.7. The zero-order valence-corrected chi connectivity index (χ0v) is 28.2. The highest BCUT2D eigenvalue weighted by Gasteiger charge is 2.38. The molecule has 3 aromatic heterocycles. The molecule has 242 valence electrons. The van der Waals surface area contributed by atoms with Crippen LogP contribution in [0.4, 0.5) is 5.69 Å². The number of hydrogen-bond acceptors (Lipinski definition) is 4. The Labute approximate surface area is 300 Å². The molecule has 0 radical (unpaired) electrons. The second-order valence-corrected chi connectivity index (χ2v) is 14.2. The van der Waals surface area contributed by atoms with E-state index in [1.165, 1.54) is 25.1 Å². The van der Waals surface area contributed by atoms with Crippen molar-refractivity contribution < 1.29 is 9.59 Å². The summed E-state index contributed by atoms with van der Waals surface area (Å²) in [5.74, 6) is -0.808. The number of nitriles is 1. The molecule has 2 amide bonds. The van der Waals surface area contributed by atoms with E-state index in [2.05, 4.69) is 100 Å². The topological polar surface area (TPSA) is 71.0 Å². The minimum atomic E-state index is -0.404. The van der Waals surface area contributed by atoms with Crippen LogP contribution in [0.5, 0.6) is 0 Å². The Morgan fingerprint density at radius 3 is 1.75 bits per heavy atom. The molecule has 0 aliphatic carbocycles. The van der Waals surface area contributed by atoms with Crippen LogP contribution in [0.2, 0.25) is 0 Å². The Morgan fingerprint density at radius 2 is 1.06 bits per heavy atom. The molecule has 10 aromatic rings. The van der Waals surface area contributed by atoms with E-state index in [0.29, 0.717) is 28.1 Å². The summed E-state index contributed by atoms with van der Waals surface area (Å²) in [4.78, 5) is 28.9. The van der Waals surface area contributed by atoms with Crippen LogP contribution in [0.15, 0.2) is 146 Å². The third-order valence-corrected chi connectivity index (χ3v) is 11.6. The predicted molar refractivity (Wildman–Crippen MR) is 210 cm³/mol. The first kappa shape index (κ1) is 28.8. The van der Waals surface area contributed by atoms with Crippen molar-refractivity contribution in [2.75, 3.05) is 4.90 Å². The van der Waals surface area contributed by atoms with E-state index in [9.17, 15) is 14.9 Å². The highest BCUT2D eigenvalue weighted by Crippen LogP contribution is 2.44. The minimum absolute atomic E-state index is 0.353. The third kappa shape index (κ3) is 3.76. The summed E-state index contributed by atoms with van der Waals surface area (Å²) in [5.41, 5.74) is 6.88. The van der Waals surface area contributed by atoms with Crippen molar-refractivity contribution in [2.45, 2.75) is 0 Å². The largest absolute Gasteiger partial charge is 0.309 e. The lowest BCUT2D eigenvalue weighted by molar-refractivity contribution is 0.0926. The molecule has 0 saturated carbocycles. The molecule has 0 spiro atoms. The van der Waals surface area contributed by atoms with E-state index in [1.54, 1.807) is 42.5 Å². The van der Waals surface area contributed by atoms with Crippen LogP contribution in [0, 0.1) is 11.3 Å². The van der Waals surface area contributed by atoms with Gasteiger partial charge in [0.15, 0.2) is 0 Å². The van der Waals surface area contributed by atoms with Gasteiger partial charge in [-0.3, -0.25) is 9.59 Å². The molecule has 0 bridgehead atoms. The van der Waals surface area contributed by atoms with Gasteiger partial charge in [-0.05, 0) is 72.8 Å². The number of amides is 2. The summed E-state index contributed by atoms with van der Waals surface area (Å²) in [5, 5.41) is 17.2. The Hall–Kier alpha value is -7.01. The van der Waals surface area contributed by atoms with Gasteiger partial charge in [0, 0.05) is 47.4 Å². The van der Waals surface area contributed by atoms with Crippen LogP contribution < -0.4 is 4.90 Å². The van der Waals surface area contributed by atoms with E-state index < -0.39 is 11.8 Å². The number of carbonyl (C=O) groups excluding carboxylic acids is 2. The van der Waals surface area contributed by atoms with E-state index in [0.717, 1.165) is 49.3 Å². The molecule has 11 rings (SSSR count). The number of nitrogens with zero attached hydrogens (tertiary/aromatic N) is 4. The van der Waals surface area contributed by atoms with Gasteiger partial charge in [-0.25, -0.2) is 4.90 Å². The average Bonchev–Trinajstić information content (AvgIpc) is 3.90. The smallest absolute Gasteiger partial charge is 0.266 e. The number of aromatic nitrogens is 2. The highest BCUT2D eigenvalue weighted by atomic mass is 32.1. The highest BCUT2D eigenvalue weighted by molar-refractivity contribution is 7.25. The lowest BCUT2D eigenvalue weighted by Crippen LogP contribution is -2.30. The number of hydrogen-bond donors (Lipinski definition) is 0. The number of rotatable bonds is 3. The fraction of sp³-hybridized carbons (Fsp3) is 0. The Morgan fingerprint density at radius 1 is 0.481 bits per heavy atom. The predicted octanol–water partition coefficient (Wildman–Crippen LogP) is 10.9. The van der Waals surface area contributed by atoms with Crippen LogP contribution in [-0.2, 0) is 0 Å². The van der Waals surface area contributed by atoms with Crippen molar-refractivity contribution in [3.63, 3.8) is 0 Å². The molecule has 7 heteroatoms. The Bertz CT molecular complexity index is 3230. The van der Waals surface area contributed by atoms with Crippen molar-refractivity contribution in [3.8, 4) is 17.4 Å². The lowest BCUT2D eigenvalue weighted by Gasteiger charge is -2.21. The van der Waals surface area contributed by atoms with Gasteiger partial charge in [-0.1, -0.05) is 72.8 Å². The first-order valence-corrected chi connectivity index (χ1v) is 17.8. The number of benzene rings is 7. The van der Waals surface area contributed by atoms with Crippen molar-refractivity contribution >= 4 is 92.6 Å². The maximum Gasteiger partial charge on any atom is 0.266 e. The summed E-state index contributed by atoms with van der Waals surface area (Å²) in [6, 6.07) is 50.7. The molecule has 6 nitrogen and oxygen atoms in total. The van der Waals surface area contributed by atoms with Crippen LogP contribution in [0.3, 0.4) is 0 Å². The number of para-hydroxylation sites is 3. The molecule has 0 atom stereocenters. The fourth-order valence-corrected chi connectivity index (χ4v) is 9.33. The van der Waals surface area contributed by atoms with Crippen molar-refractivity contribution in [1.29, 1.82) is 5.26 Å². The number of imide groups is 1. The summed E-state index contributed by atoms with van der Waals surface area (Å²) < 4.78 is 6.91. The molecular weight excluding hydrogens is 661 g/mol. The number of fused-ring (bicyclic) bond motifs is 10. The van der Waals surface area contributed by atoms with Crippen LogP contribution in [-0.4, -0.2) is 20.9 Å². The SMILES string of the molecule is N#Cc1cccc(N2C(=O)c3ccccc3C2=O)c1-n1c2ccccc2c2cc3c(cc21)c1ccccc1n3-c1ccc2sc3ccccc3c2c1. The van der Waals surface area contributed by atoms with Crippen LogP contribution in [0.25, 0.3) is 75.2 Å². The number of anilines is 1. The molecule has 0 unspecified atom stereocenters. The van der Waals surface area contributed by atoms with E-state index in [1.807, 2.05) is 29.5 Å². The Kier molecular flexibility index (Phi) is 5.81. The average molecular weight is 685 g/mol. The van der Waals surface area contributed by atoms with Crippen molar-refractivity contribution in [3.05, 3.63) is 162 Å². The standard InChI is InChI=1S/C45H24N4O2S/c46-25-26-10-9-18-38(49-44(50)31-14-1-2-15-32(31)45(49)51)43(26)48-37-17-7-4-12-29(37)34-23-39-33(24-40(34)48)28-11-3-6-16-36(28)47(39)27-20-21-42-35(22-27)30-13-5-8-19-41(30)52-42/h1-24H. The minimum Gasteiger partial charge on any atom is -0.309 e. The van der Waals surface area contributed by atoms with Crippen LogP contribution in [0.1, 0.15) is 26.3 Å². The Balaban J connectivity index is 1.23. The number of carbonyl (C=O) groups is 2. The second-order valence-electron chi connectivity index (χ2n) is 13.1. The molecule has 7 aromatic carbocycles.